The van der Waals surface area contributed by atoms with Gasteiger partial charge in [0.2, 0.25) is 5.91 Å². The Balaban J connectivity index is 1.39. The van der Waals surface area contributed by atoms with Crippen LogP contribution in [0.1, 0.15) is 43.2 Å². The molecule has 0 saturated heterocycles. The maximum absolute atomic E-state index is 12.7. The summed E-state index contributed by atoms with van der Waals surface area (Å²) in [5, 5.41) is 12.1. The molecule has 0 spiro atoms. The summed E-state index contributed by atoms with van der Waals surface area (Å²) in [6.07, 6.45) is 0.900. The molecule has 0 bridgehead atoms. The Morgan fingerprint density at radius 2 is 1.65 bits per heavy atom. The molecule has 2 N–H and O–H groups in total. The first-order chi connectivity index (χ1) is 14.8. The summed E-state index contributed by atoms with van der Waals surface area (Å²) < 4.78 is 5.48. The molecular formula is C24H26N2O5. The number of nitrogens with one attached hydrogen (secondary N) is 1. The van der Waals surface area contributed by atoms with Crippen molar-refractivity contribution in [1.82, 2.24) is 10.2 Å². The van der Waals surface area contributed by atoms with Gasteiger partial charge in [0, 0.05) is 13.0 Å². The zero-order valence-electron chi connectivity index (χ0n) is 17.6. The first-order valence-corrected chi connectivity index (χ1v) is 10.5. The molecule has 0 unspecified atom stereocenters. The summed E-state index contributed by atoms with van der Waals surface area (Å²) >= 11 is 0. The summed E-state index contributed by atoms with van der Waals surface area (Å²) in [5.41, 5.74) is 3.31. The topological polar surface area (TPSA) is 95.9 Å². The van der Waals surface area contributed by atoms with Crippen LogP contribution in [0.5, 0.6) is 0 Å². The number of carboxylic acid groups (broad SMARTS) is 1. The van der Waals surface area contributed by atoms with Gasteiger partial charge in [-0.1, -0.05) is 48.5 Å². The smallest absolute Gasteiger partial charge is 0.407 e. The highest BCUT2D eigenvalue weighted by atomic mass is 16.5. The number of benzene rings is 2. The van der Waals surface area contributed by atoms with Crippen molar-refractivity contribution in [2.24, 2.45) is 0 Å². The third kappa shape index (κ3) is 3.54. The predicted octanol–water partition coefficient (Wildman–Crippen LogP) is 3.38. The molecule has 7 heteroatoms. The first kappa shape index (κ1) is 20.9. The number of amides is 2. The molecular weight excluding hydrogens is 396 g/mol. The third-order valence-electron chi connectivity index (χ3n) is 6.60. The van der Waals surface area contributed by atoms with Crippen LogP contribution < -0.4 is 5.32 Å². The number of nitrogens with zero attached hydrogens (tertiary/aromatic N) is 1. The van der Waals surface area contributed by atoms with E-state index in [1.54, 1.807) is 0 Å². The minimum absolute atomic E-state index is 0.0721. The van der Waals surface area contributed by atoms with E-state index >= 15 is 0 Å². The van der Waals surface area contributed by atoms with Crippen LogP contribution in [0, 0.1) is 0 Å². The lowest BCUT2D eigenvalue weighted by atomic mass is 9.75. The number of likely N-dealkylation sites (N-methyl/N-ethyl adjacent to an activating group) is 1. The van der Waals surface area contributed by atoms with Gasteiger partial charge in [0.05, 0.1) is 0 Å². The number of ether oxygens (including phenoxy) is 1. The van der Waals surface area contributed by atoms with Crippen molar-refractivity contribution >= 4 is 18.0 Å². The van der Waals surface area contributed by atoms with E-state index in [0.29, 0.717) is 12.8 Å². The number of alkyl carbamates (subject to hydrolysis) is 1. The number of hydrogen-bond donors (Lipinski definition) is 2. The fourth-order valence-electron chi connectivity index (χ4n) is 4.58. The molecule has 2 amide bonds. The second-order valence-corrected chi connectivity index (χ2v) is 8.28. The molecule has 0 aliphatic heterocycles. The SMILES string of the molecule is C[C@H](NC(=O)OCC1c2ccccc2-c2ccccc21)C(=O)N(C)C1(C(=O)O)CCC1. The molecule has 1 atom stereocenters. The fraction of sp³-hybridized carbons (Fsp3) is 0.375. The molecule has 2 aromatic carbocycles. The van der Waals surface area contributed by atoms with Gasteiger partial charge in [0.15, 0.2) is 0 Å². The summed E-state index contributed by atoms with van der Waals surface area (Å²) in [6, 6.07) is 15.2. The Morgan fingerprint density at radius 1 is 1.10 bits per heavy atom. The van der Waals surface area contributed by atoms with Gasteiger partial charge in [-0.25, -0.2) is 9.59 Å². The van der Waals surface area contributed by atoms with Gasteiger partial charge in [-0.05, 0) is 48.4 Å². The lowest BCUT2D eigenvalue weighted by Gasteiger charge is -2.45. The lowest BCUT2D eigenvalue weighted by molar-refractivity contribution is -0.164. The van der Waals surface area contributed by atoms with Crippen LogP contribution in [-0.4, -0.2) is 53.2 Å². The van der Waals surface area contributed by atoms with Crippen molar-refractivity contribution in [2.75, 3.05) is 13.7 Å². The largest absolute Gasteiger partial charge is 0.479 e. The average molecular weight is 422 g/mol. The summed E-state index contributed by atoms with van der Waals surface area (Å²) in [7, 11) is 1.48. The number of aliphatic carboxylic acids is 1. The molecule has 7 nitrogen and oxygen atoms in total. The molecule has 0 heterocycles. The minimum atomic E-state index is -1.17. The minimum Gasteiger partial charge on any atom is -0.479 e. The van der Waals surface area contributed by atoms with Crippen molar-refractivity contribution in [3.8, 4) is 11.1 Å². The van der Waals surface area contributed by atoms with E-state index in [9.17, 15) is 19.5 Å². The highest BCUT2D eigenvalue weighted by molar-refractivity contribution is 5.91. The fourth-order valence-corrected chi connectivity index (χ4v) is 4.58. The van der Waals surface area contributed by atoms with Crippen molar-refractivity contribution in [3.05, 3.63) is 59.7 Å². The van der Waals surface area contributed by atoms with E-state index in [2.05, 4.69) is 17.4 Å². The molecule has 2 aliphatic rings. The average Bonchev–Trinajstić information content (AvgIpc) is 3.04. The first-order valence-electron chi connectivity index (χ1n) is 10.5. The van der Waals surface area contributed by atoms with Crippen LogP contribution in [0.25, 0.3) is 11.1 Å². The maximum atomic E-state index is 12.7. The van der Waals surface area contributed by atoms with Gasteiger partial charge in [0.25, 0.3) is 0 Å². The Bertz CT molecular complexity index is 985. The zero-order valence-corrected chi connectivity index (χ0v) is 17.6. The molecule has 4 rings (SSSR count). The lowest BCUT2D eigenvalue weighted by Crippen LogP contribution is -2.62. The van der Waals surface area contributed by atoms with Crippen molar-refractivity contribution in [1.29, 1.82) is 0 Å². The number of fused-ring (bicyclic) bond motifs is 3. The zero-order chi connectivity index (χ0) is 22.2. The Hall–Kier alpha value is -3.35. The third-order valence-corrected chi connectivity index (χ3v) is 6.60. The van der Waals surface area contributed by atoms with E-state index in [4.69, 9.17) is 4.74 Å². The summed E-state index contributed by atoms with van der Waals surface area (Å²) in [6.45, 7) is 1.68. The number of carbonyl (C=O) groups is 3. The Labute approximate surface area is 181 Å². The van der Waals surface area contributed by atoms with Crippen molar-refractivity contribution < 1.29 is 24.2 Å². The van der Waals surface area contributed by atoms with Crippen LogP contribution in [0.3, 0.4) is 0 Å². The molecule has 31 heavy (non-hydrogen) atoms. The Kier molecular flexibility index (Phi) is 5.43. The molecule has 162 valence electrons. The maximum Gasteiger partial charge on any atom is 0.407 e. The highest BCUT2D eigenvalue weighted by Crippen LogP contribution is 2.44. The van der Waals surface area contributed by atoms with E-state index < -0.39 is 29.6 Å². The van der Waals surface area contributed by atoms with Crippen molar-refractivity contribution in [3.63, 3.8) is 0 Å². The van der Waals surface area contributed by atoms with Gasteiger partial charge in [-0.2, -0.15) is 0 Å². The predicted molar refractivity (Wildman–Crippen MR) is 115 cm³/mol. The highest BCUT2D eigenvalue weighted by Gasteiger charge is 2.50. The molecule has 0 radical (unpaired) electrons. The van der Waals surface area contributed by atoms with E-state index in [1.165, 1.54) is 18.9 Å². The van der Waals surface area contributed by atoms with Crippen LogP contribution in [-0.2, 0) is 14.3 Å². The van der Waals surface area contributed by atoms with E-state index in [1.807, 2.05) is 36.4 Å². The number of hydrogen-bond acceptors (Lipinski definition) is 4. The van der Waals surface area contributed by atoms with Crippen LogP contribution in [0.4, 0.5) is 4.79 Å². The second kappa shape index (κ2) is 8.06. The molecule has 1 fully saturated rings. The molecule has 1 saturated carbocycles. The van der Waals surface area contributed by atoms with Crippen LogP contribution in [0.15, 0.2) is 48.5 Å². The molecule has 0 aromatic heterocycles. The van der Waals surface area contributed by atoms with Crippen LogP contribution >= 0.6 is 0 Å². The molecule has 2 aliphatic carbocycles. The van der Waals surface area contributed by atoms with Gasteiger partial charge in [-0.3, -0.25) is 4.79 Å². The van der Waals surface area contributed by atoms with Gasteiger partial charge < -0.3 is 20.1 Å². The quantitative estimate of drug-likeness (QED) is 0.744. The summed E-state index contributed by atoms with van der Waals surface area (Å²) in [4.78, 5) is 38.0. The number of rotatable bonds is 6. The number of carbonyl (C=O) groups excluding carboxylic acids is 2. The van der Waals surface area contributed by atoms with Crippen molar-refractivity contribution in [2.45, 2.75) is 43.7 Å². The van der Waals surface area contributed by atoms with Gasteiger partial charge >= 0.3 is 12.1 Å². The normalized spacial score (nSPS) is 17.0. The summed E-state index contributed by atoms with van der Waals surface area (Å²) in [5.74, 6) is -1.53. The second-order valence-electron chi connectivity index (χ2n) is 8.28. The standard InChI is InChI=1S/C24H26N2O5/c1-15(21(27)26(2)24(22(28)29)12-7-13-24)25-23(30)31-14-20-18-10-5-3-8-16(18)17-9-4-6-11-19(17)20/h3-6,8-11,15,20H,7,12-14H2,1-2H3,(H,25,30)(H,28,29)/t15-/m0/s1. The van der Waals surface area contributed by atoms with Gasteiger partial charge in [-0.15, -0.1) is 0 Å². The monoisotopic (exact) mass is 422 g/mol. The molecule has 2 aromatic rings. The van der Waals surface area contributed by atoms with Gasteiger partial charge in [0.1, 0.15) is 18.2 Å². The van der Waals surface area contributed by atoms with E-state index in [-0.39, 0.29) is 12.5 Å². The Morgan fingerprint density at radius 3 is 2.13 bits per heavy atom. The number of carboxylic acids is 1. The van der Waals surface area contributed by atoms with Crippen LogP contribution in [0.2, 0.25) is 0 Å². The van der Waals surface area contributed by atoms with E-state index in [0.717, 1.165) is 28.7 Å².